The minimum Gasteiger partial charge on any atom is -0.493 e. The third kappa shape index (κ3) is 5.67. The number of ether oxygens (including phenoxy) is 2. The van der Waals surface area contributed by atoms with Crippen LogP contribution in [0.2, 0.25) is 0 Å². The first kappa shape index (κ1) is 23.8. The Morgan fingerprint density at radius 1 is 1.03 bits per heavy atom. The van der Waals surface area contributed by atoms with Crippen LogP contribution < -0.4 is 14.2 Å². The number of thiophene rings is 1. The fourth-order valence-corrected chi connectivity index (χ4v) is 4.96. The standard InChI is InChI=1S/C23H26N2O5S2/c1-4-25(16-17-10-11-21(29-2)22(13-17)30-3)23(26)18-7-5-9-20(14-18)32(27,28)24-15-19-8-6-12-31-19/h5-14,24H,4,15-16H2,1-3H3. The van der Waals surface area contributed by atoms with Crippen molar-refractivity contribution in [2.45, 2.75) is 24.9 Å². The number of hydrogen-bond donors (Lipinski definition) is 1. The summed E-state index contributed by atoms with van der Waals surface area (Å²) in [6.45, 7) is 2.89. The van der Waals surface area contributed by atoms with Crippen molar-refractivity contribution in [1.29, 1.82) is 0 Å². The monoisotopic (exact) mass is 474 g/mol. The summed E-state index contributed by atoms with van der Waals surface area (Å²) >= 11 is 1.47. The van der Waals surface area contributed by atoms with Gasteiger partial charge in [-0.25, -0.2) is 13.1 Å². The molecule has 0 aliphatic rings. The first-order chi connectivity index (χ1) is 15.4. The second-order valence-electron chi connectivity index (χ2n) is 6.94. The summed E-state index contributed by atoms with van der Waals surface area (Å²) in [5.41, 5.74) is 1.19. The number of nitrogens with one attached hydrogen (secondary N) is 1. The van der Waals surface area contributed by atoms with Crippen LogP contribution in [-0.2, 0) is 23.1 Å². The van der Waals surface area contributed by atoms with E-state index < -0.39 is 10.0 Å². The van der Waals surface area contributed by atoms with Gasteiger partial charge in [0.25, 0.3) is 5.91 Å². The van der Waals surface area contributed by atoms with E-state index in [2.05, 4.69) is 4.72 Å². The molecular formula is C23H26N2O5S2. The van der Waals surface area contributed by atoms with Gasteiger partial charge in [-0.3, -0.25) is 4.79 Å². The van der Waals surface area contributed by atoms with Crippen LogP contribution >= 0.6 is 11.3 Å². The van der Waals surface area contributed by atoms with Crippen molar-refractivity contribution in [3.8, 4) is 11.5 Å². The SMILES string of the molecule is CCN(Cc1ccc(OC)c(OC)c1)C(=O)c1cccc(S(=O)(=O)NCc2cccs2)c1. The number of carbonyl (C=O) groups excluding carboxylic acids is 1. The Kier molecular flexibility index (Phi) is 7.89. The van der Waals surface area contributed by atoms with E-state index in [0.29, 0.717) is 30.2 Å². The summed E-state index contributed by atoms with van der Waals surface area (Å²) in [6.07, 6.45) is 0. The molecule has 1 aromatic heterocycles. The van der Waals surface area contributed by atoms with Crippen LogP contribution in [-0.4, -0.2) is 40.0 Å². The van der Waals surface area contributed by atoms with Crippen molar-refractivity contribution in [2.75, 3.05) is 20.8 Å². The maximum atomic E-state index is 13.1. The van der Waals surface area contributed by atoms with Crippen molar-refractivity contribution in [1.82, 2.24) is 9.62 Å². The first-order valence-corrected chi connectivity index (χ1v) is 12.4. The molecule has 1 heterocycles. The molecule has 2 aromatic carbocycles. The van der Waals surface area contributed by atoms with Crippen LogP contribution in [0.15, 0.2) is 64.9 Å². The van der Waals surface area contributed by atoms with E-state index in [0.717, 1.165) is 10.4 Å². The molecule has 0 atom stereocenters. The van der Waals surface area contributed by atoms with Crippen molar-refractivity contribution in [3.05, 3.63) is 76.0 Å². The predicted octanol–water partition coefficient (Wildman–Crippen LogP) is 3.91. The lowest BCUT2D eigenvalue weighted by atomic mass is 10.1. The zero-order valence-electron chi connectivity index (χ0n) is 18.2. The average Bonchev–Trinajstić information content (AvgIpc) is 3.34. The van der Waals surface area contributed by atoms with Gasteiger partial charge < -0.3 is 14.4 Å². The third-order valence-electron chi connectivity index (χ3n) is 4.90. The molecule has 3 rings (SSSR count). The molecule has 1 amide bonds. The Bertz CT molecular complexity index is 1160. The van der Waals surface area contributed by atoms with Gasteiger partial charge in [0.15, 0.2) is 11.5 Å². The molecule has 0 bridgehead atoms. The Hall–Kier alpha value is -2.88. The van der Waals surface area contributed by atoms with E-state index in [1.54, 1.807) is 37.3 Å². The summed E-state index contributed by atoms with van der Waals surface area (Å²) in [6, 6.07) is 15.3. The zero-order valence-corrected chi connectivity index (χ0v) is 19.8. The molecule has 0 aliphatic carbocycles. The van der Waals surface area contributed by atoms with Crippen LogP contribution in [0.3, 0.4) is 0 Å². The molecule has 3 aromatic rings. The van der Waals surface area contributed by atoms with Gasteiger partial charge in [0, 0.05) is 30.1 Å². The maximum absolute atomic E-state index is 13.1. The topological polar surface area (TPSA) is 84.9 Å². The number of carbonyl (C=O) groups is 1. The summed E-state index contributed by atoms with van der Waals surface area (Å²) < 4.78 is 38.6. The maximum Gasteiger partial charge on any atom is 0.254 e. The highest BCUT2D eigenvalue weighted by Gasteiger charge is 2.20. The Morgan fingerprint density at radius 2 is 1.81 bits per heavy atom. The molecule has 170 valence electrons. The number of methoxy groups -OCH3 is 2. The summed E-state index contributed by atoms with van der Waals surface area (Å²) in [4.78, 5) is 15.8. The van der Waals surface area contributed by atoms with Crippen LogP contribution in [0.4, 0.5) is 0 Å². The van der Waals surface area contributed by atoms with Gasteiger partial charge >= 0.3 is 0 Å². The predicted molar refractivity (Wildman–Crippen MR) is 125 cm³/mol. The number of nitrogens with zero attached hydrogens (tertiary/aromatic N) is 1. The average molecular weight is 475 g/mol. The van der Waals surface area contributed by atoms with E-state index in [-0.39, 0.29) is 17.3 Å². The normalized spacial score (nSPS) is 11.2. The number of benzene rings is 2. The largest absolute Gasteiger partial charge is 0.493 e. The van der Waals surface area contributed by atoms with Gasteiger partial charge in [-0.1, -0.05) is 18.2 Å². The van der Waals surface area contributed by atoms with Gasteiger partial charge in [0.1, 0.15) is 0 Å². The van der Waals surface area contributed by atoms with E-state index in [4.69, 9.17) is 9.47 Å². The number of hydrogen-bond acceptors (Lipinski definition) is 6. The number of amides is 1. The second-order valence-corrected chi connectivity index (χ2v) is 9.74. The Balaban J connectivity index is 1.77. The molecule has 1 N–H and O–H groups in total. The molecule has 0 saturated heterocycles. The summed E-state index contributed by atoms with van der Waals surface area (Å²) in [7, 11) is -0.621. The van der Waals surface area contributed by atoms with Crippen LogP contribution in [0.25, 0.3) is 0 Å². The number of rotatable bonds is 10. The van der Waals surface area contributed by atoms with Gasteiger partial charge in [-0.2, -0.15) is 0 Å². The molecule has 7 nitrogen and oxygen atoms in total. The van der Waals surface area contributed by atoms with Crippen LogP contribution in [0.5, 0.6) is 11.5 Å². The van der Waals surface area contributed by atoms with E-state index >= 15 is 0 Å². The van der Waals surface area contributed by atoms with Crippen molar-refractivity contribution in [3.63, 3.8) is 0 Å². The smallest absolute Gasteiger partial charge is 0.254 e. The van der Waals surface area contributed by atoms with Crippen LogP contribution in [0.1, 0.15) is 27.7 Å². The fourth-order valence-electron chi connectivity index (χ4n) is 3.17. The van der Waals surface area contributed by atoms with Crippen molar-refractivity contribution >= 4 is 27.3 Å². The van der Waals surface area contributed by atoms with Gasteiger partial charge in [0.05, 0.1) is 19.1 Å². The highest BCUT2D eigenvalue weighted by Crippen LogP contribution is 2.28. The molecule has 0 aliphatic heterocycles. The third-order valence-corrected chi connectivity index (χ3v) is 7.17. The van der Waals surface area contributed by atoms with Crippen molar-refractivity contribution in [2.24, 2.45) is 0 Å². The quantitative estimate of drug-likeness (QED) is 0.482. The Labute approximate surface area is 192 Å². The lowest BCUT2D eigenvalue weighted by molar-refractivity contribution is 0.0752. The fraction of sp³-hybridized carbons (Fsp3) is 0.261. The molecule has 0 fully saturated rings. The minimum atomic E-state index is -3.74. The molecule has 0 unspecified atom stereocenters. The van der Waals surface area contributed by atoms with E-state index in [9.17, 15) is 13.2 Å². The second kappa shape index (κ2) is 10.6. The van der Waals surface area contributed by atoms with Gasteiger partial charge in [-0.05, 0) is 54.3 Å². The molecule has 0 spiro atoms. The molecule has 32 heavy (non-hydrogen) atoms. The lowest BCUT2D eigenvalue weighted by Crippen LogP contribution is -2.30. The highest BCUT2D eigenvalue weighted by molar-refractivity contribution is 7.89. The molecule has 0 radical (unpaired) electrons. The summed E-state index contributed by atoms with van der Waals surface area (Å²) in [5.74, 6) is 0.939. The molecule has 9 heteroatoms. The van der Waals surface area contributed by atoms with E-state index in [1.807, 2.05) is 36.6 Å². The van der Waals surface area contributed by atoms with Crippen LogP contribution in [0, 0.1) is 0 Å². The zero-order chi connectivity index (χ0) is 23.1. The highest BCUT2D eigenvalue weighted by atomic mass is 32.2. The van der Waals surface area contributed by atoms with E-state index in [1.165, 1.54) is 23.5 Å². The first-order valence-electron chi connectivity index (χ1n) is 10.00. The molecular weight excluding hydrogens is 448 g/mol. The van der Waals surface area contributed by atoms with Gasteiger partial charge in [0.2, 0.25) is 10.0 Å². The number of sulfonamides is 1. The van der Waals surface area contributed by atoms with Gasteiger partial charge in [-0.15, -0.1) is 11.3 Å². The molecule has 0 saturated carbocycles. The van der Waals surface area contributed by atoms with Crippen molar-refractivity contribution < 1.29 is 22.7 Å². The minimum absolute atomic E-state index is 0.0575. The lowest BCUT2D eigenvalue weighted by Gasteiger charge is -2.22. The summed E-state index contributed by atoms with van der Waals surface area (Å²) in [5, 5.41) is 1.89. The Morgan fingerprint density at radius 3 is 2.47 bits per heavy atom.